The van der Waals surface area contributed by atoms with Crippen molar-refractivity contribution < 1.29 is 9.53 Å². The van der Waals surface area contributed by atoms with Gasteiger partial charge in [-0.1, -0.05) is 15.9 Å². The van der Waals surface area contributed by atoms with Gasteiger partial charge in [0, 0.05) is 16.6 Å². The lowest BCUT2D eigenvalue weighted by Crippen LogP contribution is -2.44. The van der Waals surface area contributed by atoms with E-state index in [1.807, 2.05) is 18.2 Å². The molecule has 1 unspecified atom stereocenters. The number of nitriles is 1. The van der Waals surface area contributed by atoms with Gasteiger partial charge in [-0.15, -0.1) is 0 Å². The second kappa shape index (κ2) is 5.33. The first kappa shape index (κ1) is 14.7. The van der Waals surface area contributed by atoms with Crippen molar-refractivity contribution in [2.75, 3.05) is 13.7 Å². The summed E-state index contributed by atoms with van der Waals surface area (Å²) in [6.07, 6.45) is 0. The second-order valence-corrected chi connectivity index (χ2v) is 6.09. The molecule has 5 nitrogen and oxygen atoms in total. The third-order valence-electron chi connectivity index (χ3n) is 3.42. The van der Waals surface area contributed by atoms with Gasteiger partial charge in [-0.2, -0.15) is 5.26 Å². The van der Waals surface area contributed by atoms with Crippen molar-refractivity contribution in [3.63, 3.8) is 0 Å². The minimum Gasteiger partial charge on any atom is -0.496 e. The van der Waals surface area contributed by atoms with Crippen LogP contribution in [-0.2, 0) is 0 Å². The topological polar surface area (TPSA) is 65.4 Å². The number of nitrogens with one attached hydrogen (secondary N) is 1. The summed E-state index contributed by atoms with van der Waals surface area (Å²) in [7, 11) is 1.60. The molecule has 0 bridgehead atoms. The minimum atomic E-state index is -0.835. The first-order valence-corrected chi connectivity index (χ1v) is 7.01. The van der Waals surface area contributed by atoms with Crippen molar-refractivity contribution >= 4 is 22.0 Å². The van der Waals surface area contributed by atoms with Crippen molar-refractivity contribution in [3.05, 3.63) is 28.2 Å². The highest BCUT2D eigenvalue weighted by Crippen LogP contribution is 2.33. The highest BCUT2D eigenvalue weighted by molar-refractivity contribution is 9.10. The highest BCUT2D eigenvalue weighted by atomic mass is 79.9. The molecule has 1 aliphatic rings. The smallest absolute Gasteiger partial charge is 0.319 e. The van der Waals surface area contributed by atoms with Crippen molar-refractivity contribution in [3.8, 4) is 11.8 Å². The molecule has 0 saturated carbocycles. The van der Waals surface area contributed by atoms with Crippen molar-refractivity contribution in [2.24, 2.45) is 0 Å². The van der Waals surface area contributed by atoms with Gasteiger partial charge < -0.3 is 15.0 Å². The van der Waals surface area contributed by atoms with Gasteiger partial charge in [-0.25, -0.2) is 4.79 Å². The maximum absolute atomic E-state index is 12.1. The largest absolute Gasteiger partial charge is 0.496 e. The molecular formula is C14H16BrN3O2. The molecule has 1 aromatic rings. The van der Waals surface area contributed by atoms with E-state index in [2.05, 4.69) is 27.3 Å². The molecule has 1 fully saturated rings. The zero-order valence-electron chi connectivity index (χ0n) is 11.6. The van der Waals surface area contributed by atoms with E-state index in [-0.39, 0.29) is 12.1 Å². The van der Waals surface area contributed by atoms with Crippen LogP contribution in [0.15, 0.2) is 22.7 Å². The molecule has 2 amide bonds. The lowest BCUT2D eigenvalue weighted by atomic mass is 10.0. The van der Waals surface area contributed by atoms with Crippen LogP contribution in [0.25, 0.3) is 0 Å². The van der Waals surface area contributed by atoms with Gasteiger partial charge in [-0.3, -0.25) is 0 Å². The van der Waals surface area contributed by atoms with E-state index in [0.29, 0.717) is 6.54 Å². The molecular weight excluding hydrogens is 322 g/mol. The van der Waals surface area contributed by atoms with Crippen LogP contribution >= 0.6 is 15.9 Å². The summed E-state index contributed by atoms with van der Waals surface area (Å²) in [5.41, 5.74) is 0.0596. The van der Waals surface area contributed by atoms with Gasteiger partial charge >= 0.3 is 6.03 Å². The Morgan fingerprint density at radius 1 is 1.55 bits per heavy atom. The normalized spacial score (nSPS) is 18.6. The van der Waals surface area contributed by atoms with E-state index in [0.717, 1.165) is 15.8 Å². The monoisotopic (exact) mass is 337 g/mol. The lowest BCUT2D eigenvalue weighted by molar-refractivity contribution is 0.186. The van der Waals surface area contributed by atoms with E-state index in [9.17, 15) is 10.1 Å². The Labute approximate surface area is 126 Å². The number of benzene rings is 1. The minimum absolute atomic E-state index is 0.192. The number of amides is 2. The molecule has 20 heavy (non-hydrogen) atoms. The fraction of sp³-hybridized carbons (Fsp3) is 0.429. The molecule has 0 radical (unpaired) electrons. The third-order valence-corrected chi connectivity index (χ3v) is 3.92. The molecule has 6 heteroatoms. The second-order valence-electron chi connectivity index (χ2n) is 5.17. The van der Waals surface area contributed by atoms with Crippen LogP contribution in [0.1, 0.15) is 25.5 Å². The molecule has 1 atom stereocenters. The zero-order chi connectivity index (χ0) is 14.9. The van der Waals surface area contributed by atoms with Gasteiger partial charge in [0.1, 0.15) is 11.3 Å². The average Bonchev–Trinajstić information content (AvgIpc) is 2.81. The third kappa shape index (κ3) is 2.59. The van der Waals surface area contributed by atoms with Gasteiger partial charge in [0.25, 0.3) is 0 Å². The quantitative estimate of drug-likeness (QED) is 0.922. The van der Waals surface area contributed by atoms with Gasteiger partial charge in [0.05, 0.1) is 19.2 Å². The highest BCUT2D eigenvalue weighted by Gasteiger charge is 2.40. The van der Waals surface area contributed by atoms with E-state index in [1.54, 1.807) is 21.0 Å². The number of carbonyl (C=O) groups is 1. The lowest BCUT2D eigenvalue weighted by Gasteiger charge is -2.27. The molecule has 106 valence electrons. The summed E-state index contributed by atoms with van der Waals surface area (Å²) in [5.74, 6) is 0.718. The summed E-state index contributed by atoms with van der Waals surface area (Å²) in [4.78, 5) is 13.6. The molecule has 1 heterocycles. The van der Waals surface area contributed by atoms with Gasteiger partial charge in [0.2, 0.25) is 0 Å². The van der Waals surface area contributed by atoms with E-state index in [1.165, 1.54) is 4.90 Å². The van der Waals surface area contributed by atoms with E-state index < -0.39 is 5.54 Å². The number of hydrogen-bond donors (Lipinski definition) is 1. The molecule has 1 aromatic carbocycles. The Morgan fingerprint density at radius 3 is 2.85 bits per heavy atom. The number of methoxy groups -OCH3 is 1. The molecule has 1 N–H and O–H groups in total. The van der Waals surface area contributed by atoms with Crippen LogP contribution in [0.2, 0.25) is 0 Å². The number of carbonyl (C=O) groups excluding carboxylic acids is 1. The number of nitrogens with zero attached hydrogens (tertiary/aromatic N) is 2. The van der Waals surface area contributed by atoms with E-state index >= 15 is 0 Å². The number of rotatable bonds is 3. The fourth-order valence-electron chi connectivity index (χ4n) is 2.23. The molecule has 0 aromatic heterocycles. The molecule has 1 aliphatic heterocycles. The van der Waals surface area contributed by atoms with Crippen molar-refractivity contribution in [1.82, 2.24) is 10.2 Å². The standard InChI is InChI=1S/C14H16BrN3O2/c1-14(2,8-16)18-7-11(17-13(18)19)10-6-9(15)4-5-12(10)20-3/h4-6,11H,7H2,1-3H3,(H,17,19). The van der Waals surface area contributed by atoms with Gasteiger partial charge in [0.15, 0.2) is 0 Å². The van der Waals surface area contributed by atoms with Crippen LogP contribution in [0, 0.1) is 11.3 Å². The number of urea groups is 1. The summed E-state index contributed by atoms with van der Waals surface area (Å²) in [6, 6.07) is 7.38. The van der Waals surface area contributed by atoms with Crippen LogP contribution in [-0.4, -0.2) is 30.1 Å². The van der Waals surface area contributed by atoms with Crippen molar-refractivity contribution in [1.29, 1.82) is 5.26 Å². The Morgan fingerprint density at radius 2 is 2.25 bits per heavy atom. The van der Waals surface area contributed by atoms with Crippen LogP contribution in [0.5, 0.6) is 5.75 Å². The Bertz CT molecular complexity index is 580. The summed E-state index contributed by atoms with van der Waals surface area (Å²) >= 11 is 3.42. The van der Waals surface area contributed by atoms with Crippen LogP contribution < -0.4 is 10.1 Å². The summed E-state index contributed by atoms with van der Waals surface area (Å²) in [6.45, 7) is 3.90. The maximum atomic E-state index is 12.1. The number of halogens is 1. The first-order chi connectivity index (χ1) is 9.39. The number of ether oxygens (including phenoxy) is 1. The predicted molar refractivity (Wildman–Crippen MR) is 78.4 cm³/mol. The van der Waals surface area contributed by atoms with Gasteiger partial charge in [-0.05, 0) is 32.0 Å². The SMILES string of the molecule is COc1ccc(Br)cc1C1CN(C(C)(C)C#N)C(=O)N1. The van der Waals surface area contributed by atoms with Crippen LogP contribution in [0.3, 0.4) is 0 Å². The zero-order valence-corrected chi connectivity index (χ0v) is 13.2. The predicted octanol–water partition coefficient (Wildman–Crippen LogP) is 2.83. The van der Waals surface area contributed by atoms with Crippen LogP contribution in [0.4, 0.5) is 4.79 Å². The fourth-order valence-corrected chi connectivity index (χ4v) is 2.61. The molecule has 0 aliphatic carbocycles. The van der Waals surface area contributed by atoms with E-state index in [4.69, 9.17) is 4.74 Å². The number of hydrogen-bond acceptors (Lipinski definition) is 3. The maximum Gasteiger partial charge on any atom is 0.319 e. The molecule has 1 saturated heterocycles. The molecule has 0 spiro atoms. The van der Waals surface area contributed by atoms with Crippen molar-refractivity contribution in [2.45, 2.75) is 25.4 Å². The Hall–Kier alpha value is -1.74. The molecule has 2 rings (SSSR count). The summed E-state index contributed by atoms with van der Waals surface area (Å²) in [5, 5.41) is 12.1. The Balaban J connectivity index is 2.32. The summed E-state index contributed by atoms with van der Waals surface area (Å²) < 4.78 is 6.26. The average molecular weight is 338 g/mol. The first-order valence-electron chi connectivity index (χ1n) is 6.22. The Kier molecular flexibility index (Phi) is 3.91.